The summed E-state index contributed by atoms with van der Waals surface area (Å²) in [5, 5.41) is 28.2. The number of nitrogens with zero attached hydrogens (tertiary/aromatic N) is 2. The Labute approximate surface area is 114 Å². The van der Waals surface area contributed by atoms with E-state index in [1.807, 2.05) is 0 Å². The fraction of sp³-hybridized carbons (Fsp3) is 0.333. The molecule has 6 nitrogen and oxygen atoms in total. The molecule has 0 aliphatic heterocycles. The van der Waals surface area contributed by atoms with Gasteiger partial charge in [-0.25, -0.2) is 0 Å². The molecule has 1 atom stereocenters. The molecular formula is C12H12N2O4S. The van der Waals surface area contributed by atoms with Gasteiger partial charge in [0.05, 0.1) is 9.82 Å². The van der Waals surface area contributed by atoms with Crippen molar-refractivity contribution in [1.29, 1.82) is 5.26 Å². The zero-order chi connectivity index (χ0) is 14.6. The summed E-state index contributed by atoms with van der Waals surface area (Å²) in [6.45, 7) is 3.46. The van der Waals surface area contributed by atoms with Crippen LogP contribution in [0.2, 0.25) is 0 Å². The lowest BCUT2D eigenvalue weighted by atomic mass is 10.1. The fourth-order valence-corrected chi connectivity index (χ4v) is 2.60. The number of para-hydroxylation sites is 1. The third-order valence-corrected chi connectivity index (χ3v) is 3.99. The third kappa shape index (κ3) is 3.45. The van der Waals surface area contributed by atoms with Crippen molar-refractivity contribution in [3.63, 3.8) is 0 Å². The maximum absolute atomic E-state index is 11.1. The second-order valence-corrected chi connectivity index (χ2v) is 5.33. The van der Waals surface area contributed by atoms with Gasteiger partial charge < -0.3 is 5.11 Å². The molecule has 0 aliphatic carbocycles. The first-order chi connectivity index (χ1) is 8.88. The van der Waals surface area contributed by atoms with E-state index in [4.69, 9.17) is 10.4 Å². The summed E-state index contributed by atoms with van der Waals surface area (Å²) in [5.74, 6) is -1.22. The summed E-state index contributed by atoms with van der Waals surface area (Å²) >= 11 is 0.897. The molecule has 1 unspecified atom stereocenters. The van der Waals surface area contributed by atoms with Gasteiger partial charge in [0.15, 0.2) is 0 Å². The molecule has 1 rings (SSSR count). The second-order valence-electron chi connectivity index (χ2n) is 4.14. The van der Waals surface area contributed by atoms with Crippen LogP contribution in [-0.4, -0.2) is 21.2 Å². The Hall–Kier alpha value is -2.07. The van der Waals surface area contributed by atoms with Gasteiger partial charge in [-0.05, 0) is 18.1 Å². The lowest BCUT2D eigenvalue weighted by molar-refractivity contribution is -0.388. The number of benzene rings is 1. The second kappa shape index (κ2) is 6.20. The molecule has 100 valence electrons. The van der Waals surface area contributed by atoms with Crippen LogP contribution in [0, 0.1) is 27.4 Å². The first kappa shape index (κ1) is 15.0. The molecule has 1 N–H and O–H groups in total. The number of rotatable bonds is 5. The minimum atomic E-state index is -1.03. The number of nitriles is 1. The van der Waals surface area contributed by atoms with Crippen LogP contribution < -0.4 is 0 Å². The number of aliphatic carboxylic acids is 1. The van der Waals surface area contributed by atoms with Crippen LogP contribution in [0.5, 0.6) is 0 Å². The predicted octanol–water partition coefficient (Wildman–Crippen LogP) is 2.67. The largest absolute Gasteiger partial charge is 0.480 e. The minimum absolute atomic E-state index is 0.0668. The van der Waals surface area contributed by atoms with E-state index in [0.717, 1.165) is 11.8 Å². The quantitative estimate of drug-likeness (QED) is 0.505. The molecule has 1 aromatic rings. The monoisotopic (exact) mass is 280 g/mol. The number of nitro benzene ring substituents is 1. The fourth-order valence-electron chi connectivity index (χ4n) is 1.50. The van der Waals surface area contributed by atoms with Crippen molar-refractivity contribution in [1.82, 2.24) is 0 Å². The molecule has 0 aliphatic rings. The van der Waals surface area contributed by atoms with Crippen molar-refractivity contribution in [3.05, 3.63) is 33.9 Å². The first-order valence-corrected chi connectivity index (χ1v) is 6.33. The smallest absolute Gasteiger partial charge is 0.317 e. The van der Waals surface area contributed by atoms with Crippen molar-refractivity contribution in [2.24, 2.45) is 5.92 Å². The Kier molecular flexibility index (Phi) is 4.89. The molecule has 0 saturated carbocycles. The van der Waals surface area contributed by atoms with Gasteiger partial charge in [-0.2, -0.15) is 5.26 Å². The summed E-state index contributed by atoms with van der Waals surface area (Å²) in [6, 6.07) is 6.05. The van der Waals surface area contributed by atoms with Crippen LogP contribution in [0.3, 0.4) is 0 Å². The van der Waals surface area contributed by atoms with Gasteiger partial charge in [0.2, 0.25) is 0 Å². The van der Waals surface area contributed by atoms with Crippen LogP contribution >= 0.6 is 11.8 Å². The highest BCUT2D eigenvalue weighted by atomic mass is 32.2. The van der Waals surface area contributed by atoms with Gasteiger partial charge in [-0.3, -0.25) is 14.9 Å². The van der Waals surface area contributed by atoms with Crippen molar-refractivity contribution < 1.29 is 14.8 Å². The molecule has 19 heavy (non-hydrogen) atoms. The highest BCUT2D eigenvalue weighted by Crippen LogP contribution is 2.36. The zero-order valence-corrected chi connectivity index (χ0v) is 11.2. The molecule has 0 heterocycles. The number of nitro groups is 1. The Balaban J connectivity index is 3.25. The van der Waals surface area contributed by atoms with Gasteiger partial charge in [0.25, 0.3) is 0 Å². The number of carbonyl (C=O) groups is 1. The lowest BCUT2D eigenvalue weighted by Gasteiger charge is -2.15. The third-order valence-electron chi connectivity index (χ3n) is 2.40. The Morgan fingerprint density at radius 3 is 2.58 bits per heavy atom. The zero-order valence-electron chi connectivity index (χ0n) is 10.4. The number of carboxylic acid groups (broad SMARTS) is 1. The highest BCUT2D eigenvalue weighted by molar-refractivity contribution is 8.00. The van der Waals surface area contributed by atoms with E-state index in [9.17, 15) is 14.9 Å². The summed E-state index contributed by atoms with van der Waals surface area (Å²) in [4.78, 5) is 21.7. The molecular weight excluding hydrogens is 268 g/mol. The first-order valence-electron chi connectivity index (χ1n) is 5.45. The number of hydrogen-bond acceptors (Lipinski definition) is 5. The minimum Gasteiger partial charge on any atom is -0.480 e. The van der Waals surface area contributed by atoms with E-state index in [2.05, 4.69) is 0 Å². The van der Waals surface area contributed by atoms with Crippen LogP contribution in [0.25, 0.3) is 0 Å². The van der Waals surface area contributed by atoms with E-state index in [1.54, 1.807) is 19.9 Å². The molecule has 0 radical (unpaired) electrons. The Morgan fingerprint density at radius 2 is 2.16 bits per heavy atom. The maximum Gasteiger partial charge on any atom is 0.317 e. The molecule has 0 fully saturated rings. The van der Waals surface area contributed by atoms with Gasteiger partial charge in [-0.15, -0.1) is 11.8 Å². The topological polar surface area (TPSA) is 104 Å². The average Bonchev–Trinajstić information content (AvgIpc) is 2.34. The van der Waals surface area contributed by atoms with E-state index in [-0.39, 0.29) is 22.1 Å². The van der Waals surface area contributed by atoms with Gasteiger partial charge in [0.1, 0.15) is 16.9 Å². The van der Waals surface area contributed by atoms with Crippen LogP contribution in [0.15, 0.2) is 23.1 Å². The van der Waals surface area contributed by atoms with Gasteiger partial charge in [0, 0.05) is 0 Å². The van der Waals surface area contributed by atoms with Crippen molar-refractivity contribution in [3.8, 4) is 6.07 Å². The molecule has 0 spiro atoms. The molecule has 1 aromatic carbocycles. The van der Waals surface area contributed by atoms with Crippen LogP contribution in [0.1, 0.15) is 19.4 Å². The van der Waals surface area contributed by atoms with Gasteiger partial charge >= 0.3 is 11.7 Å². The number of hydrogen-bond donors (Lipinski definition) is 1. The van der Waals surface area contributed by atoms with Gasteiger partial charge in [-0.1, -0.05) is 19.9 Å². The van der Waals surface area contributed by atoms with E-state index >= 15 is 0 Å². The predicted molar refractivity (Wildman–Crippen MR) is 69.9 cm³/mol. The average molecular weight is 280 g/mol. The van der Waals surface area contributed by atoms with E-state index in [0.29, 0.717) is 0 Å². The number of carboxylic acids is 1. The molecule has 0 saturated heterocycles. The molecule has 7 heteroatoms. The highest BCUT2D eigenvalue weighted by Gasteiger charge is 2.28. The Bertz CT molecular complexity index is 551. The molecule has 0 aromatic heterocycles. The number of thioether (sulfide) groups is 1. The SMILES string of the molecule is CC(C)C(Sc1cccc(C#N)c1[N+](=O)[O-])C(=O)O. The van der Waals surface area contributed by atoms with Crippen molar-refractivity contribution in [2.75, 3.05) is 0 Å². The summed E-state index contributed by atoms with van der Waals surface area (Å²) in [6.07, 6.45) is 0. The Morgan fingerprint density at radius 1 is 1.53 bits per heavy atom. The van der Waals surface area contributed by atoms with E-state index < -0.39 is 16.1 Å². The summed E-state index contributed by atoms with van der Waals surface area (Å²) < 4.78 is 0. The maximum atomic E-state index is 11.1. The molecule has 0 amide bonds. The van der Waals surface area contributed by atoms with E-state index in [1.165, 1.54) is 18.2 Å². The van der Waals surface area contributed by atoms with Crippen molar-refractivity contribution in [2.45, 2.75) is 24.0 Å². The van der Waals surface area contributed by atoms with Crippen molar-refractivity contribution >= 4 is 23.4 Å². The van der Waals surface area contributed by atoms with Crippen LogP contribution in [-0.2, 0) is 4.79 Å². The summed E-state index contributed by atoms with van der Waals surface area (Å²) in [7, 11) is 0. The standard InChI is InChI=1S/C12H12N2O4S/c1-7(2)11(12(15)16)19-9-5-3-4-8(6-13)10(9)14(17)18/h3-5,7,11H,1-2H3,(H,15,16). The summed E-state index contributed by atoms with van der Waals surface area (Å²) in [5.41, 5.74) is -0.398. The molecule has 0 bridgehead atoms. The lowest BCUT2D eigenvalue weighted by Crippen LogP contribution is -2.22. The normalized spacial score (nSPS) is 11.9. The van der Waals surface area contributed by atoms with Crippen LogP contribution in [0.4, 0.5) is 5.69 Å².